The number of pyridine rings is 1. The molecular weight excluding hydrogens is 388 g/mol. The molecule has 1 aliphatic heterocycles. The van der Waals surface area contributed by atoms with E-state index in [0.29, 0.717) is 17.9 Å². The third-order valence-electron chi connectivity index (χ3n) is 5.86. The minimum Gasteiger partial charge on any atom is -0.497 e. The van der Waals surface area contributed by atoms with Gasteiger partial charge in [-0.1, -0.05) is 24.3 Å². The number of hydrogen-bond acceptors (Lipinski definition) is 4. The number of likely N-dealkylation sites (tertiary alicyclic amines) is 1. The fraction of sp³-hybridized carbons (Fsp3) is 0.308. The van der Waals surface area contributed by atoms with Crippen LogP contribution in [0.4, 0.5) is 0 Å². The highest BCUT2D eigenvalue weighted by molar-refractivity contribution is 5.97. The summed E-state index contributed by atoms with van der Waals surface area (Å²) in [5.41, 5.74) is 4.91. The van der Waals surface area contributed by atoms with Gasteiger partial charge in [-0.15, -0.1) is 0 Å². The second-order valence-electron chi connectivity index (χ2n) is 7.94. The molecule has 0 saturated carbocycles. The molecule has 2 aromatic carbocycles. The van der Waals surface area contributed by atoms with E-state index in [-0.39, 0.29) is 11.8 Å². The Labute approximate surface area is 183 Å². The molecule has 1 saturated heterocycles. The Kier molecular flexibility index (Phi) is 6.21. The lowest BCUT2D eigenvalue weighted by Gasteiger charge is -2.33. The van der Waals surface area contributed by atoms with Gasteiger partial charge in [-0.25, -0.2) is 0 Å². The molecule has 0 spiro atoms. The molecule has 1 fully saturated rings. The number of aryl methyl sites for hydroxylation is 1. The van der Waals surface area contributed by atoms with Gasteiger partial charge in [0, 0.05) is 30.4 Å². The average Bonchev–Trinajstić information content (AvgIpc) is 2.83. The molecule has 4 rings (SSSR count). The number of carbonyl (C=O) groups excluding carboxylic acids is 1. The third kappa shape index (κ3) is 4.55. The molecule has 5 heteroatoms. The summed E-state index contributed by atoms with van der Waals surface area (Å²) in [4.78, 5) is 19.9. The van der Waals surface area contributed by atoms with Crippen molar-refractivity contribution in [2.75, 3.05) is 27.3 Å². The minimum absolute atomic E-state index is 0.0187. The topological polar surface area (TPSA) is 51.7 Å². The lowest BCUT2D eigenvalue weighted by atomic mass is 9.91. The molecule has 0 unspecified atom stereocenters. The van der Waals surface area contributed by atoms with Crippen molar-refractivity contribution in [1.29, 1.82) is 0 Å². The van der Waals surface area contributed by atoms with Crippen LogP contribution < -0.4 is 9.47 Å². The highest BCUT2D eigenvalue weighted by Crippen LogP contribution is 2.31. The van der Waals surface area contributed by atoms with Crippen molar-refractivity contribution in [2.24, 2.45) is 0 Å². The largest absolute Gasteiger partial charge is 0.497 e. The van der Waals surface area contributed by atoms with Gasteiger partial charge in [-0.2, -0.15) is 0 Å². The van der Waals surface area contributed by atoms with Crippen LogP contribution in [-0.4, -0.2) is 43.1 Å². The zero-order valence-electron chi connectivity index (χ0n) is 18.3. The van der Waals surface area contributed by atoms with Gasteiger partial charge in [0.15, 0.2) is 0 Å². The number of rotatable bonds is 5. The van der Waals surface area contributed by atoms with Crippen LogP contribution in [0.5, 0.6) is 11.5 Å². The first-order chi connectivity index (χ1) is 15.1. The summed E-state index contributed by atoms with van der Waals surface area (Å²) in [5.74, 6) is 1.69. The Bertz CT molecular complexity index is 1060. The summed E-state index contributed by atoms with van der Waals surface area (Å²) in [6.45, 7) is 3.44. The van der Waals surface area contributed by atoms with Crippen LogP contribution in [0.3, 0.4) is 0 Å². The number of hydrogen-bond donors (Lipinski definition) is 0. The zero-order chi connectivity index (χ0) is 21.8. The highest BCUT2D eigenvalue weighted by atomic mass is 16.5. The van der Waals surface area contributed by atoms with Crippen molar-refractivity contribution in [1.82, 2.24) is 9.88 Å². The number of piperidine rings is 1. The number of benzene rings is 2. The number of para-hydroxylation sites is 1. The number of amides is 1. The molecule has 3 aromatic rings. The van der Waals surface area contributed by atoms with Crippen LogP contribution in [0.1, 0.15) is 40.5 Å². The monoisotopic (exact) mass is 416 g/mol. The molecule has 1 aliphatic rings. The predicted octanol–water partition coefficient (Wildman–Crippen LogP) is 5.09. The minimum atomic E-state index is 0.0187. The molecule has 5 nitrogen and oxygen atoms in total. The maximum atomic E-state index is 13.2. The molecule has 31 heavy (non-hydrogen) atoms. The number of carbonyl (C=O) groups is 1. The van der Waals surface area contributed by atoms with Gasteiger partial charge in [0.25, 0.3) is 5.91 Å². The van der Waals surface area contributed by atoms with E-state index in [0.717, 1.165) is 47.7 Å². The lowest BCUT2D eigenvalue weighted by Crippen LogP contribution is -2.39. The Balaban J connectivity index is 1.58. The maximum Gasteiger partial charge on any atom is 0.257 e. The van der Waals surface area contributed by atoms with Crippen molar-refractivity contribution in [3.05, 3.63) is 77.6 Å². The van der Waals surface area contributed by atoms with Crippen LogP contribution in [0.15, 0.2) is 60.7 Å². The number of methoxy groups -OCH3 is 2. The van der Waals surface area contributed by atoms with E-state index < -0.39 is 0 Å². The van der Waals surface area contributed by atoms with Gasteiger partial charge in [-0.05, 0) is 67.3 Å². The number of aromatic nitrogens is 1. The van der Waals surface area contributed by atoms with E-state index >= 15 is 0 Å². The fourth-order valence-electron chi connectivity index (χ4n) is 4.25. The molecule has 0 aliphatic carbocycles. The normalized spacial score (nSPS) is 16.1. The molecule has 0 radical (unpaired) electrons. The first-order valence-electron chi connectivity index (χ1n) is 10.6. The van der Waals surface area contributed by atoms with Gasteiger partial charge in [0.2, 0.25) is 0 Å². The van der Waals surface area contributed by atoms with Crippen molar-refractivity contribution in [3.8, 4) is 22.6 Å². The molecule has 0 bridgehead atoms. The van der Waals surface area contributed by atoms with E-state index in [9.17, 15) is 4.79 Å². The molecule has 1 atom stereocenters. The van der Waals surface area contributed by atoms with Crippen LogP contribution in [-0.2, 0) is 0 Å². The molecular formula is C26H28N2O3. The second-order valence-corrected chi connectivity index (χ2v) is 7.94. The Hall–Kier alpha value is -3.34. The lowest BCUT2D eigenvalue weighted by molar-refractivity contribution is 0.0702. The Morgan fingerprint density at radius 1 is 1.00 bits per heavy atom. The van der Waals surface area contributed by atoms with Gasteiger partial charge in [-0.3, -0.25) is 9.78 Å². The molecule has 160 valence electrons. The quantitative estimate of drug-likeness (QED) is 0.581. The molecule has 2 heterocycles. The summed E-state index contributed by atoms with van der Waals surface area (Å²) >= 11 is 0. The second kappa shape index (κ2) is 9.21. The van der Waals surface area contributed by atoms with Gasteiger partial charge >= 0.3 is 0 Å². The van der Waals surface area contributed by atoms with E-state index in [1.165, 1.54) is 0 Å². The van der Waals surface area contributed by atoms with Crippen LogP contribution in [0.2, 0.25) is 0 Å². The summed E-state index contributed by atoms with van der Waals surface area (Å²) in [7, 11) is 3.27. The summed E-state index contributed by atoms with van der Waals surface area (Å²) in [6, 6.07) is 19.8. The van der Waals surface area contributed by atoms with Gasteiger partial charge in [0.1, 0.15) is 11.5 Å². The van der Waals surface area contributed by atoms with Crippen molar-refractivity contribution in [2.45, 2.75) is 25.7 Å². The van der Waals surface area contributed by atoms with Crippen molar-refractivity contribution >= 4 is 5.91 Å². The zero-order valence-corrected chi connectivity index (χ0v) is 18.3. The van der Waals surface area contributed by atoms with E-state index in [1.807, 2.05) is 48.2 Å². The summed E-state index contributed by atoms with van der Waals surface area (Å²) in [6.07, 6.45) is 1.98. The first-order valence-corrected chi connectivity index (χ1v) is 10.6. The van der Waals surface area contributed by atoms with Crippen molar-refractivity contribution < 1.29 is 14.3 Å². The van der Waals surface area contributed by atoms with Crippen LogP contribution in [0.25, 0.3) is 11.1 Å². The fourth-order valence-corrected chi connectivity index (χ4v) is 4.25. The van der Waals surface area contributed by atoms with Crippen LogP contribution >= 0.6 is 0 Å². The predicted molar refractivity (Wildman–Crippen MR) is 122 cm³/mol. The smallest absolute Gasteiger partial charge is 0.257 e. The summed E-state index contributed by atoms with van der Waals surface area (Å²) in [5, 5.41) is 0. The molecule has 1 aromatic heterocycles. The number of ether oxygens (including phenoxy) is 2. The average molecular weight is 417 g/mol. The number of nitrogens with zero attached hydrogens (tertiary/aromatic N) is 2. The van der Waals surface area contributed by atoms with Gasteiger partial charge in [0.05, 0.1) is 19.8 Å². The third-order valence-corrected chi connectivity index (χ3v) is 5.86. The van der Waals surface area contributed by atoms with E-state index in [2.05, 4.69) is 24.3 Å². The molecule has 0 N–H and O–H groups in total. The molecule has 1 amide bonds. The van der Waals surface area contributed by atoms with E-state index in [1.54, 1.807) is 14.2 Å². The highest BCUT2D eigenvalue weighted by Gasteiger charge is 2.28. The van der Waals surface area contributed by atoms with Crippen LogP contribution in [0, 0.1) is 6.92 Å². The summed E-state index contributed by atoms with van der Waals surface area (Å²) < 4.78 is 10.7. The maximum absolute atomic E-state index is 13.2. The van der Waals surface area contributed by atoms with E-state index in [4.69, 9.17) is 14.5 Å². The standard InChI is InChI=1S/C26H28N2O3/c1-18-15-21(19-10-12-22(30-2)13-11-19)16-24(27-18)20-7-6-14-28(17-20)26(29)23-8-4-5-9-25(23)31-3/h4-5,8-13,15-16,20H,6-7,14,17H2,1-3H3/t20-/m1/s1. The Morgan fingerprint density at radius 3 is 2.52 bits per heavy atom. The first kappa shape index (κ1) is 20.9. The SMILES string of the molecule is COc1ccc(-c2cc(C)nc([C@@H]3CCCN(C(=O)c4ccccc4OC)C3)c2)cc1. The van der Waals surface area contributed by atoms with Gasteiger partial charge < -0.3 is 14.4 Å². The Morgan fingerprint density at radius 2 is 1.77 bits per heavy atom. The van der Waals surface area contributed by atoms with Crippen molar-refractivity contribution in [3.63, 3.8) is 0 Å².